The van der Waals surface area contributed by atoms with Gasteiger partial charge in [0.15, 0.2) is 0 Å². The molecule has 156 valence electrons. The second kappa shape index (κ2) is 8.92. The molecule has 0 spiro atoms. The van der Waals surface area contributed by atoms with Gasteiger partial charge in [-0.1, -0.05) is 91.8 Å². The number of hydrogen-bond donors (Lipinski definition) is 0. The zero-order chi connectivity index (χ0) is 21.3. The van der Waals surface area contributed by atoms with Gasteiger partial charge in [0.2, 0.25) is 0 Å². The van der Waals surface area contributed by atoms with Crippen LogP contribution in [0.3, 0.4) is 0 Å². The Morgan fingerprint density at radius 2 is 0.793 bits per heavy atom. The molecule has 2 aromatic rings. The Bertz CT molecular complexity index is 756. The van der Waals surface area contributed by atoms with Gasteiger partial charge in [-0.15, -0.1) is 0 Å². The van der Waals surface area contributed by atoms with Crippen molar-refractivity contribution in [1.29, 1.82) is 0 Å². The van der Waals surface area contributed by atoms with Gasteiger partial charge in [-0.3, -0.25) is 0 Å². The van der Waals surface area contributed by atoms with Gasteiger partial charge in [-0.2, -0.15) is 0 Å². The number of hydrogen-bond acceptors (Lipinski definition) is 2. The number of rotatable bonds is 6. The third kappa shape index (κ3) is 4.38. The molecule has 1 aliphatic rings. The van der Waals surface area contributed by atoms with Gasteiger partial charge in [0.1, 0.15) is 0 Å². The van der Waals surface area contributed by atoms with E-state index in [9.17, 15) is 0 Å². The summed E-state index contributed by atoms with van der Waals surface area (Å²) >= 11 is 0. The van der Waals surface area contributed by atoms with Crippen LogP contribution >= 0.6 is 8.88 Å². The normalized spacial score (nSPS) is 14.3. The van der Waals surface area contributed by atoms with Gasteiger partial charge < -0.3 is 9.34 Å². The highest BCUT2D eigenvalue weighted by molar-refractivity contribution is 7.43. The van der Waals surface area contributed by atoms with Crippen molar-refractivity contribution in [3.8, 4) is 0 Å². The number of benzene rings is 2. The minimum absolute atomic E-state index is 0.505. The lowest BCUT2D eigenvalue weighted by Crippen LogP contribution is -2.14. The molecule has 0 radical (unpaired) electrons. The molecule has 0 amide bonds. The zero-order valence-corrected chi connectivity index (χ0v) is 20.3. The van der Waals surface area contributed by atoms with E-state index in [0.717, 1.165) is 0 Å². The fourth-order valence-electron chi connectivity index (χ4n) is 4.14. The second-order valence-electron chi connectivity index (χ2n) is 9.33. The van der Waals surface area contributed by atoms with Crippen LogP contribution in [0, 0.1) is 0 Å². The highest BCUT2D eigenvalue weighted by Crippen LogP contribution is 2.48. The Morgan fingerprint density at radius 1 is 0.517 bits per heavy atom. The Morgan fingerprint density at radius 3 is 1.03 bits per heavy atom. The van der Waals surface area contributed by atoms with E-state index in [1.54, 1.807) is 0 Å². The highest BCUT2D eigenvalue weighted by atomic mass is 31.1. The second-order valence-corrected chi connectivity index (χ2v) is 10.5. The number of nitrogens with zero attached hydrogens (tertiary/aromatic N) is 2. The molecule has 0 bridgehead atoms. The predicted molar refractivity (Wildman–Crippen MR) is 132 cm³/mol. The van der Waals surface area contributed by atoms with Gasteiger partial charge in [-0.05, 0) is 45.9 Å². The third-order valence-electron chi connectivity index (χ3n) is 5.75. The van der Waals surface area contributed by atoms with Gasteiger partial charge in [0.05, 0.1) is 20.3 Å². The summed E-state index contributed by atoms with van der Waals surface area (Å²) in [6, 6.07) is 13.6. The summed E-state index contributed by atoms with van der Waals surface area (Å²) < 4.78 is 4.96. The monoisotopic (exact) mass is 408 g/mol. The van der Waals surface area contributed by atoms with E-state index >= 15 is 0 Å². The molecule has 0 aliphatic carbocycles. The molecular weight excluding hydrogens is 371 g/mol. The molecule has 0 aromatic heterocycles. The first-order valence-electron chi connectivity index (χ1n) is 11.0. The van der Waals surface area contributed by atoms with Crippen molar-refractivity contribution in [3.63, 3.8) is 0 Å². The van der Waals surface area contributed by atoms with Crippen molar-refractivity contribution in [2.75, 3.05) is 9.34 Å². The zero-order valence-electron chi connectivity index (χ0n) is 19.3. The molecule has 0 atom stereocenters. The molecule has 3 rings (SSSR count). The average molecular weight is 409 g/mol. The van der Waals surface area contributed by atoms with Crippen LogP contribution in [-0.4, -0.2) is 0 Å². The first-order chi connectivity index (χ1) is 13.7. The smallest absolute Gasteiger partial charge is 0.0885 e. The number of para-hydroxylation sites is 2. The van der Waals surface area contributed by atoms with Crippen LogP contribution in [-0.2, 0) is 0 Å². The van der Waals surface area contributed by atoms with Crippen LogP contribution in [0.25, 0.3) is 0 Å². The average Bonchev–Trinajstić information content (AvgIpc) is 3.15. The van der Waals surface area contributed by atoms with Gasteiger partial charge in [0.25, 0.3) is 0 Å². The summed E-state index contributed by atoms with van der Waals surface area (Å²) in [4.78, 5) is 0. The van der Waals surface area contributed by atoms with E-state index in [4.69, 9.17) is 0 Å². The summed E-state index contributed by atoms with van der Waals surface area (Å²) in [5, 5.41) is 0. The maximum Gasteiger partial charge on any atom is 0.0885 e. The minimum atomic E-state index is 0.505. The van der Waals surface area contributed by atoms with Crippen molar-refractivity contribution in [2.24, 2.45) is 0 Å². The molecule has 1 heterocycles. The first-order valence-corrected chi connectivity index (χ1v) is 11.9. The molecule has 1 aliphatic heterocycles. The van der Waals surface area contributed by atoms with Crippen LogP contribution in [0.1, 0.15) is 101 Å². The van der Waals surface area contributed by atoms with Crippen LogP contribution in [0.2, 0.25) is 0 Å². The summed E-state index contributed by atoms with van der Waals surface area (Å²) in [5.74, 6) is 2.02. The van der Waals surface area contributed by atoms with Gasteiger partial charge in [0, 0.05) is 12.4 Å². The van der Waals surface area contributed by atoms with Crippen molar-refractivity contribution in [1.82, 2.24) is 0 Å². The third-order valence-corrected chi connectivity index (χ3v) is 6.92. The standard InChI is InChI=1S/C26H37N2P/c1-17(2)21-11-9-12-22(18(3)4)25(21)27-15-16-28(29-27)26-23(19(5)6)13-10-14-24(26)20(7)8/h9-20,29H,1-8H3. The molecule has 2 nitrogen and oxygen atoms in total. The lowest BCUT2D eigenvalue weighted by atomic mass is 9.92. The maximum absolute atomic E-state index is 2.48. The summed E-state index contributed by atoms with van der Waals surface area (Å²) in [6.07, 6.45) is 4.57. The molecular formula is C26H37N2P. The Balaban J connectivity index is 2.05. The van der Waals surface area contributed by atoms with E-state index in [1.165, 1.54) is 33.6 Å². The Labute approximate surface area is 179 Å². The van der Waals surface area contributed by atoms with Crippen molar-refractivity contribution in [3.05, 3.63) is 71.1 Å². The quantitative estimate of drug-likeness (QED) is 0.442. The molecule has 2 aromatic carbocycles. The van der Waals surface area contributed by atoms with Crippen LogP contribution in [0.15, 0.2) is 48.8 Å². The molecule has 0 fully saturated rings. The van der Waals surface area contributed by atoms with Crippen molar-refractivity contribution >= 4 is 20.3 Å². The fourth-order valence-corrected chi connectivity index (χ4v) is 5.36. The molecule has 29 heavy (non-hydrogen) atoms. The van der Waals surface area contributed by atoms with Gasteiger partial charge in [-0.25, -0.2) is 0 Å². The summed E-state index contributed by atoms with van der Waals surface area (Å²) in [5.41, 5.74) is 8.58. The van der Waals surface area contributed by atoms with Crippen molar-refractivity contribution in [2.45, 2.75) is 79.1 Å². The summed E-state index contributed by atoms with van der Waals surface area (Å²) in [6.45, 7) is 18.4. The lowest BCUT2D eigenvalue weighted by Gasteiger charge is -2.30. The Kier molecular flexibility index (Phi) is 6.74. The van der Waals surface area contributed by atoms with Crippen LogP contribution in [0.5, 0.6) is 0 Å². The SMILES string of the molecule is CC(C)c1cccc(C(C)C)c1N1C=CN(c2c(C(C)C)cccc2C(C)C)P1. The molecule has 0 unspecified atom stereocenters. The van der Waals surface area contributed by atoms with E-state index in [1.807, 2.05) is 0 Å². The van der Waals surface area contributed by atoms with Crippen LogP contribution < -0.4 is 9.34 Å². The molecule has 0 saturated heterocycles. The van der Waals surface area contributed by atoms with E-state index < -0.39 is 0 Å². The number of anilines is 2. The van der Waals surface area contributed by atoms with E-state index in [2.05, 4.69) is 114 Å². The molecule has 0 N–H and O–H groups in total. The highest BCUT2D eigenvalue weighted by Gasteiger charge is 2.26. The van der Waals surface area contributed by atoms with Gasteiger partial charge >= 0.3 is 0 Å². The van der Waals surface area contributed by atoms with Crippen LogP contribution in [0.4, 0.5) is 11.4 Å². The minimum Gasteiger partial charge on any atom is -0.309 e. The first kappa shape index (κ1) is 21.9. The Hall–Kier alpha value is -1.79. The maximum atomic E-state index is 2.48. The fraction of sp³-hybridized carbons (Fsp3) is 0.462. The molecule has 0 saturated carbocycles. The van der Waals surface area contributed by atoms with Crippen molar-refractivity contribution < 1.29 is 0 Å². The topological polar surface area (TPSA) is 6.48 Å². The summed E-state index contributed by atoms with van der Waals surface area (Å²) in [7, 11) is 0.558. The lowest BCUT2D eigenvalue weighted by molar-refractivity contribution is 0.834. The van der Waals surface area contributed by atoms with E-state index in [-0.39, 0.29) is 0 Å². The largest absolute Gasteiger partial charge is 0.309 e. The molecule has 3 heteroatoms. The van der Waals surface area contributed by atoms with E-state index in [0.29, 0.717) is 32.6 Å². The predicted octanol–water partition coefficient (Wildman–Crippen LogP) is 8.49.